The summed E-state index contributed by atoms with van der Waals surface area (Å²) < 4.78 is 6.00. The van der Waals surface area contributed by atoms with Gasteiger partial charge >= 0.3 is 0 Å². The number of aromatic nitrogens is 1. The van der Waals surface area contributed by atoms with Gasteiger partial charge in [-0.3, -0.25) is 0 Å². The van der Waals surface area contributed by atoms with Gasteiger partial charge in [0.2, 0.25) is 0 Å². The van der Waals surface area contributed by atoms with E-state index < -0.39 is 0 Å². The van der Waals surface area contributed by atoms with E-state index in [1.165, 1.54) is 0 Å². The molecule has 2 rings (SSSR count). The van der Waals surface area contributed by atoms with E-state index in [4.69, 9.17) is 4.42 Å². The summed E-state index contributed by atoms with van der Waals surface area (Å²) in [5.41, 5.74) is 0. The normalized spacial score (nSPS) is 10.1. The highest BCUT2D eigenvalue weighted by Gasteiger charge is 1.97. The van der Waals surface area contributed by atoms with Gasteiger partial charge < -0.3 is 9.73 Å². The maximum Gasteiger partial charge on any atom is 0.127 e. The summed E-state index contributed by atoms with van der Waals surface area (Å²) in [6.07, 6.45) is 1.66. The number of furan rings is 1. The second kappa shape index (κ2) is 4.28. The minimum Gasteiger partial charge on any atom is -0.467 e. The Bertz CT molecular complexity index is 400. The molecule has 14 heavy (non-hydrogen) atoms. The molecular weight excluding hydrogens is 244 g/mol. The largest absolute Gasteiger partial charge is 0.467 e. The van der Waals surface area contributed by atoms with E-state index in [1.54, 1.807) is 6.26 Å². The van der Waals surface area contributed by atoms with Gasteiger partial charge in [0.05, 0.1) is 12.8 Å². The zero-order valence-electron chi connectivity index (χ0n) is 7.40. The first-order valence-electron chi connectivity index (χ1n) is 4.23. The van der Waals surface area contributed by atoms with E-state index in [0.29, 0.717) is 6.54 Å². The molecule has 0 unspecified atom stereocenters. The lowest BCUT2D eigenvalue weighted by molar-refractivity contribution is 0.518. The molecule has 0 amide bonds. The molecule has 0 aliphatic rings. The van der Waals surface area contributed by atoms with Crippen molar-refractivity contribution in [3.8, 4) is 0 Å². The van der Waals surface area contributed by atoms with Gasteiger partial charge in [0.25, 0.3) is 0 Å². The Morgan fingerprint density at radius 2 is 2.21 bits per heavy atom. The Labute approximate surface area is 90.3 Å². The highest BCUT2D eigenvalue weighted by molar-refractivity contribution is 9.10. The van der Waals surface area contributed by atoms with E-state index in [-0.39, 0.29) is 0 Å². The highest BCUT2D eigenvalue weighted by atomic mass is 79.9. The molecule has 0 aliphatic carbocycles. The molecule has 0 aliphatic heterocycles. The van der Waals surface area contributed by atoms with Crippen molar-refractivity contribution in [3.63, 3.8) is 0 Å². The monoisotopic (exact) mass is 252 g/mol. The highest BCUT2D eigenvalue weighted by Crippen LogP contribution is 2.11. The van der Waals surface area contributed by atoms with Crippen LogP contribution in [0.15, 0.2) is 45.6 Å². The molecule has 2 heterocycles. The summed E-state index contributed by atoms with van der Waals surface area (Å²) >= 11 is 3.31. The van der Waals surface area contributed by atoms with Crippen LogP contribution in [0.25, 0.3) is 0 Å². The third kappa shape index (κ3) is 2.35. The second-order valence-electron chi connectivity index (χ2n) is 2.78. The van der Waals surface area contributed by atoms with Crippen LogP contribution in [0.1, 0.15) is 5.76 Å². The van der Waals surface area contributed by atoms with Crippen molar-refractivity contribution in [1.82, 2.24) is 4.98 Å². The fraction of sp³-hybridized carbons (Fsp3) is 0.100. The SMILES string of the molecule is Brc1cccc(NCc2ccco2)n1. The van der Waals surface area contributed by atoms with E-state index in [0.717, 1.165) is 16.2 Å². The van der Waals surface area contributed by atoms with Crippen LogP contribution >= 0.6 is 15.9 Å². The molecule has 2 aromatic heterocycles. The lowest BCUT2D eigenvalue weighted by atomic mass is 10.4. The molecule has 72 valence electrons. The van der Waals surface area contributed by atoms with Gasteiger partial charge in [-0.1, -0.05) is 6.07 Å². The predicted octanol–water partition coefficient (Wildman–Crippen LogP) is 3.05. The molecule has 0 fully saturated rings. The van der Waals surface area contributed by atoms with Crippen LogP contribution in [0, 0.1) is 0 Å². The quantitative estimate of drug-likeness (QED) is 0.854. The fourth-order valence-electron chi connectivity index (χ4n) is 1.10. The van der Waals surface area contributed by atoms with Crippen molar-refractivity contribution in [2.45, 2.75) is 6.54 Å². The van der Waals surface area contributed by atoms with Crippen molar-refractivity contribution in [3.05, 3.63) is 47.0 Å². The number of hydrogen-bond acceptors (Lipinski definition) is 3. The van der Waals surface area contributed by atoms with Crippen LogP contribution in [0.2, 0.25) is 0 Å². The zero-order valence-corrected chi connectivity index (χ0v) is 8.99. The van der Waals surface area contributed by atoms with Crippen LogP contribution in [0.5, 0.6) is 0 Å². The number of pyridine rings is 1. The second-order valence-corrected chi connectivity index (χ2v) is 3.59. The zero-order chi connectivity index (χ0) is 9.80. The van der Waals surface area contributed by atoms with Crippen molar-refractivity contribution in [2.24, 2.45) is 0 Å². The lowest BCUT2D eigenvalue weighted by Gasteiger charge is -2.02. The summed E-state index contributed by atoms with van der Waals surface area (Å²) in [6.45, 7) is 0.649. The summed E-state index contributed by atoms with van der Waals surface area (Å²) in [5.74, 6) is 1.72. The number of nitrogens with zero attached hydrogens (tertiary/aromatic N) is 1. The molecule has 3 nitrogen and oxygen atoms in total. The van der Waals surface area contributed by atoms with Crippen LogP contribution in [-0.4, -0.2) is 4.98 Å². The number of halogens is 1. The van der Waals surface area contributed by atoms with Crippen LogP contribution in [0.4, 0.5) is 5.82 Å². The first-order valence-corrected chi connectivity index (χ1v) is 5.03. The van der Waals surface area contributed by atoms with Crippen LogP contribution in [-0.2, 0) is 6.54 Å². The number of rotatable bonds is 3. The van der Waals surface area contributed by atoms with Gasteiger partial charge in [0.15, 0.2) is 0 Å². The number of nitrogens with one attached hydrogen (secondary N) is 1. The minimum absolute atomic E-state index is 0.649. The summed E-state index contributed by atoms with van der Waals surface area (Å²) in [4.78, 5) is 4.24. The van der Waals surface area contributed by atoms with Crippen LogP contribution < -0.4 is 5.32 Å². The van der Waals surface area contributed by atoms with Crippen LogP contribution in [0.3, 0.4) is 0 Å². The average molecular weight is 253 g/mol. The van der Waals surface area contributed by atoms with Crippen molar-refractivity contribution in [1.29, 1.82) is 0 Å². The molecule has 0 saturated carbocycles. The predicted molar refractivity (Wildman–Crippen MR) is 58.0 cm³/mol. The molecule has 0 bridgehead atoms. The minimum atomic E-state index is 0.649. The standard InChI is InChI=1S/C10H9BrN2O/c11-9-4-1-5-10(13-9)12-7-8-3-2-6-14-8/h1-6H,7H2,(H,12,13). The average Bonchev–Trinajstić information content (AvgIpc) is 2.67. The molecule has 0 atom stereocenters. The van der Waals surface area contributed by atoms with Crippen molar-refractivity contribution in [2.75, 3.05) is 5.32 Å². The fourth-order valence-corrected chi connectivity index (χ4v) is 1.44. The summed E-state index contributed by atoms with van der Waals surface area (Å²) in [5, 5.41) is 3.15. The van der Waals surface area contributed by atoms with Gasteiger partial charge in [0, 0.05) is 0 Å². The Kier molecular flexibility index (Phi) is 2.84. The van der Waals surface area contributed by atoms with Gasteiger partial charge in [-0.25, -0.2) is 4.98 Å². The van der Waals surface area contributed by atoms with Gasteiger partial charge in [0.1, 0.15) is 16.2 Å². The topological polar surface area (TPSA) is 38.1 Å². The molecule has 0 radical (unpaired) electrons. The Balaban J connectivity index is 1.98. The molecular formula is C10H9BrN2O. The number of hydrogen-bond donors (Lipinski definition) is 1. The van der Waals surface area contributed by atoms with E-state index in [1.807, 2.05) is 30.3 Å². The maximum atomic E-state index is 5.18. The Hall–Kier alpha value is -1.29. The summed E-state index contributed by atoms with van der Waals surface area (Å²) in [7, 11) is 0. The molecule has 0 saturated heterocycles. The summed E-state index contributed by atoms with van der Waals surface area (Å²) in [6, 6.07) is 9.52. The first kappa shape index (κ1) is 9.27. The van der Waals surface area contributed by atoms with E-state index in [9.17, 15) is 0 Å². The Morgan fingerprint density at radius 1 is 1.29 bits per heavy atom. The van der Waals surface area contributed by atoms with Crippen molar-refractivity contribution >= 4 is 21.7 Å². The molecule has 0 spiro atoms. The third-order valence-electron chi connectivity index (χ3n) is 1.74. The van der Waals surface area contributed by atoms with Gasteiger partial charge in [-0.15, -0.1) is 0 Å². The first-order chi connectivity index (χ1) is 6.84. The molecule has 1 N–H and O–H groups in total. The van der Waals surface area contributed by atoms with E-state index >= 15 is 0 Å². The lowest BCUT2D eigenvalue weighted by Crippen LogP contribution is -1.99. The number of anilines is 1. The smallest absolute Gasteiger partial charge is 0.127 e. The van der Waals surface area contributed by atoms with Crippen molar-refractivity contribution < 1.29 is 4.42 Å². The molecule has 4 heteroatoms. The third-order valence-corrected chi connectivity index (χ3v) is 2.18. The van der Waals surface area contributed by atoms with Gasteiger partial charge in [-0.2, -0.15) is 0 Å². The Morgan fingerprint density at radius 3 is 2.93 bits per heavy atom. The molecule has 2 aromatic rings. The van der Waals surface area contributed by atoms with E-state index in [2.05, 4.69) is 26.2 Å². The molecule has 0 aromatic carbocycles. The van der Waals surface area contributed by atoms with Gasteiger partial charge in [-0.05, 0) is 40.2 Å². The maximum absolute atomic E-state index is 5.18.